The average molecular weight is 419 g/mol. The molecule has 29 heavy (non-hydrogen) atoms. The van der Waals surface area contributed by atoms with Crippen LogP contribution >= 0.6 is 0 Å². The molecule has 1 amide bonds. The number of aliphatic hydroxyl groups excluding tert-OH is 1. The normalized spacial score (nSPS) is 19.7. The van der Waals surface area contributed by atoms with Gasteiger partial charge in [0.1, 0.15) is 6.61 Å². The first-order valence-corrected chi connectivity index (χ1v) is 10.9. The molecule has 1 N–H and O–H groups in total. The molecule has 1 aliphatic rings. The van der Waals surface area contributed by atoms with E-state index in [0.29, 0.717) is 13.0 Å². The van der Waals surface area contributed by atoms with Crippen LogP contribution < -0.4 is 0 Å². The lowest BCUT2D eigenvalue weighted by atomic mass is 9.95. The molecule has 156 valence electrons. The van der Waals surface area contributed by atoms with Crippen molar-refractivity contribution in [3.8, 4) is 0 Å². The van der Waals surface area contributed by atoms with Gasteiger partial charge in [-0.1, -0.05) is 48.0 Å². The first-order chi connectivity index (χ1) is 13.8. The van der Waals surface area contributed by atoms with Gasteiger partial charge in [0.15, 0.2) is 0 Å². The average Bonchev–Trinajstić information content (AvgIpc) is 2.72. The van der Waals surface area contributed by atoms with Crippen LogP contribution in [0.3, 0.4) is 0 Å². The van der Waals surface area contributed by atoms with Gasteiger partial charge in [0.2, 0.25) is 0 Å². The molecule has 0 saturated carbocycles. The zero-order valence-electron chi connectivity index (χ0n) is 16.2. The van der Waals surface area contributed by atoms with Crippen LogP contribution in [-0.4, -0.2) is 50.3 Å². The number of hydrogen-bond donors (Lipinski definition) is 1. The first kappa shape index (κ1) is 21.3. The minimum absolute atomic E-state index is 0.0756. The molecular weight excluding hydrogens is 394 g/mol. The number of ether oxygens (including phenoxy) is 1. The number of carbonyl (C=O) groups is 1. The Balaban J connectivity index is 1.48. The van der Waals surface area contributed by atoms with Crippen molar-refractivity contribution in [2.75, 3.05) is 19.7 Å². The highest BCUT2D eigenvalue weighted by atomic mass is 32.2. The van der Waals surface area contributed by atoms with Gasteiger partial charge in [-0.05, 0) is 31.0 Å². The fourth-order valence-corrected chi connectivity index (χ4v) is 4.06. The summed E-state index contributed by atoms with van der Waals surface area (Å²) in [5.74, 6) is -0.381. The largest absolute Gasteiger partial charge is 0.445 e. The summed E-state index contributed by atoms with van der Waals surface area (Å²) in [6, 6.07) is 15.7. The quantitative estimate of drug-likeness (QED) is 0.724. The van der Waals surface area contributed by atoms with Crippen LogP contribution in [0.2, 0.25) is 0 Å². The summed E-state index contributed by atoms with van der Waals surface area (Å²) in [4.78, 5) is 13.7. The Kier molecular flexibility index (Phi) is 6.89. The zero-order chi connectivity index (χ0) is 20.9. The van der Waals surface area contributed by atoms with Crippen molar-refractivity contribution in [1.29, 1.82) is 0 Å². The van der Waals surface area contributed by atoms with Gasteiger partial charge in [-0.15, -0.1) is 0 Å². The van der Waals surface area contributed by atoms with E-state index in [1.807, 2.05) is 37.3 Å². The molecule has 2 aromatic rings. The van der Waals surface area contributed by atoms with Crippen molar-refractivity contribution in [2.24, 2.45) is 5.92 Å². The topological polar surface area (TPSA) is 93.1 Å². The van der Waals surface area contributed by atoms with Crippen LogP contribution in [-0.2, 0) is 25.6 Å². The zero-order valence-corrected chi connectivity index (χ0v) is 17.0. The number of hydrogen-bond acceptors (Lipinski definition) is 6. The van der Waals surface area contributed by atoms with E-state index in [0.717, 1.165) is 11.1 Å². The maximum atomic E-state index is 12.3. The smallest absolute Gasteiger partial charge is 0.410 e. The molecule has 0 radical (unpaired) electrons. The number of β-amino-alcohol motifs (C(OH)–C–C–N with tert-alkyl or cyclic N) is 1. The minimum Gasteiger partial charge on any atom is -0.445 e. The molecule has 0 aliphatic carbocycles. The van der Waals surface area contributed by atoms with Crippen LogP contribution in [0, 0.1) is 12.8 Å². The van der Waals surface area contributed by atoms with Crippen molar-refractivity contribution >= 4 is 16.2 Å². The summed E-state index contributed by atoms with van der Waals surface area (Å²) >= 11 is 0. The second-order valence-corrected chi connectivity index (χ2v) is 8.77. The number of aliphatic hydroxyl groups is 1. The first-order valence-electron chi connectivity index (χ1n) is 9.45. The molecule has 1 saturated heterocycles. The van der Waals surface area contributed by atoms with Crippen LogP contribution in [0.5, 0.6) is 0 Å². The predicted octanol–water partition coefficient (Wildman–Crippen LogP) is 2.72. The summed E-state index contributed by atoms with van der Waals surface area (Å²) in [5.41, 5.74) is 1.83. The molecule has 1 heterocycles. The van der Waals surface area contributed by atoms with Crippen LogP contribution in [0.1, 0.15) is 17.5 Å². The van der Waals surface area contributed by atoms with Crippen LogP contribution in [0.25, 0.3) is 0 Å². The van der Waals surface area contributed by atoms with E-state index < -0.39 is 22.3 Å². The molecule has 1 aliphatic heterocycles. The summed E-state index contributed by atoms with van der Waals surface area (Å²) < 4.78 is 35.0. The molecule has 2 aromatic carbocycles. The second-order valence-electron chi connectivity index (χ2n) is 7.15. The highest BCUT2D eigenvalue weighted by Crippen LogP contribution is 2.22. The van der Waals surface area contributed by atoms with Crippen molar-refractivity contribution in [3.05, 3.63) is 65.7 Å². The van der Waals surface area contributed by atoms with Crippen molar-refractivity contribution in [3.63, 3.8) is 0 Å². The van der Waals surface area contributed by atoms with Gasteiger partial charge in [-0.3, -0.25) is 4.18 Å². The monoisotopic (exact) mass is 419 g/mol. The Bertz CT molecular complexity index is 914. The number of carbonyl (C=O) groups excluding carboxylic acids is 1. The summed E-state index contributed by atoms with van der Waals surface area (Å²) in [6.45, 7) is 2.33. The summed E-state index contributed by atoms with van der Waals surface area (Å²) in [5, 5.41) is 10.4. The van der Waals surface area contributed by atoms with Crippen LogP contribution in [0.4, 0.5) is 4.79 Å². The number of benzene rings is 2. The molecule has 3 rings (SSSR count). The number of piperidine rings is 1. The van der Waals surface area contributed by atoms with Gasteiger partial charge in [-0.25, -0.2) is 4.79 Å². The van der Waals surface area contributed by atoms with E-state index in [1.54, 1.807) is 12.1 Å². The molecule has 0 aromatic heterocycles. The van der Waals surface area contributed by atoms with Gasteiger partial charge in [-0.2, -0.15) is 8.42 Å². The number of amides is 1. The second kappa shape index (κ2) is 9.39. The van der Waals surface area contributed by atoms with E-state index in [-0.39, 0.29) is 30.6 Å². The SMILES string of the molecule is Cc1ccc(S(=O)(=O)OCC2CCN(C(=O)OCc3ccccc3)CC2O)cc1. The van der Waals surface area contributed by atoms with Gasteiger partial charge < -0.3 is 14.7 Å². The van der Waals surface area contributed by atoms with E-state index in [1.165, 1.54) is 17.0 Å². The lowest BCUT2D eigenvalue weighted by Crippen LogP contribution is -2.48. The third-order valence-electron chi connectivity index (χ3n) is 4.93. The Morgan fingerprint density at radius 2 is 1.83 bits per heavy atom. The fraction of sp³-hybridized carbons (Fsp3) is 0.381. The van der Waals surface area contributed by atoms with Crippen molar-refractivity contribution < 1.29 is 27.2 Å². The molecule has 2 atom stereocenters. The standard InChI is InChI=1S/C21H25NO6S/c1-16-7-9-19(10-8-16)29(25,26)28-15-18-11-12-22(13-20(18)23)21(24)27-14-17-5-3-2-4-6-17/h2-10,18,20,23H,11-15H2,1H3. The maximum Gasteiger partial charge on any atom is 0.410 e. The van der Waals surface area contributed by atoms with E-state index in [4.69, 9.17) is 8.92 Å². The van der Waals surface area contributed by atoms with Gasteiger partial charge >= 0.3 is 6.09 Å². The number of aryl methyl sites for hydroxylation is 1. The lowest BCUT2D eigenvalue weighted by molar-refractivity contribution is -0.000415. The Hall–Kier alpha value is -2.42. The molecule has 7 nitrogen and oxygen atoms in total. The van der Waals surface area contributed by atoms with Gasteiger partial charge in [0, 0.05) is 12.5 Å². The number of nitrogens with zero attached hydrogens (tertiary/aromatic N) is 1. The highest BCUT2D eigenvalue weighted by Gasteiger charge is 2.32. The van der Waals surface area contributed by atoms with Crippen molar-refractivity contribution in [1.82, 2.24) is 4.90 Å². The van der Waals surface area contributed by atoms with E-state index >= 15 is 0 Å². The summed E-state index contributed by atoms with van der Waals surface area (Å²) in [7, 11) is -3.89. The number of rotatable bonds is 6. The molecule has 0 bridgehead atoms. The number of likely N-dealkylation sites (tertiary alicyclic amines) is 1. The molecule has 8 heteroatoms. The summed E-state index contributed by atoms with van der Waals surface area (Å²) in [6.07, 6.45) is -0.967. The van der Waals surface area contributed by atoms with E-state index in [2.05, 4.69) is 0 Å². The molecular formula is C21H25NO6S. The lowest BCUT2D eigenvalue weighted by Gasteiger charge is -2.34. The Morgan fingerprint density at radius 3 is 2.48 bits per heavy atom. The van der Waals surface area contributed by atoms with Crippen molar-refractivity contribution in [2.45, 2.75) is 31.0 Å². The Labute approximate surface area is 171 Å². The predicted molar refractivity (Wildman–Crippen MR) is 107 cm³/mol. The Morgan fingerprint density at radius 1 is 1.14 bits per heavy atom. The van der Waals surface area contributed by atoms with E-state index in [9.17, 15) is 18.3 Å². The minimum atomic E-state index is -3.89. The maximum absolute atomic E-state index is 12.3. The van der Waals surface area contributed by atoms with Gasteiger partial charge in [0.05, 0.1) is 24.2 Å². The molecule has 2 unspecified atom stereocenters. The molecule has 1 fully saturated rings. The highest BCUT2D eigenvalue weighted by molar-refractivity contribution is 7.86. The third kappa shape index (κ3) is 5.79. The molecule has 0 spiro atoms. The third-order valence-corrected chi connectivity index (χ3v) is 6.23. The van der Waals surface area contributed by atoms with Crippen LogP contribution in [0.15, 0.2) is 59.5 Å². The van der Waals surface area contributed by atoms with Gasteiger partial charge in [0.25, 0.3) is 10.1 Å². The fourth-order valence-electron chi connectivity index (χ4n) is 3.10.